The number of rotatable bonds is 10. The Kier molecular flexibility index (Phi) is 10.5. The zero-order valence-electron chi connectivity index (χ0n) is 17.4. The van der Waals surface area contributed by atoms with Gasteiger partial charge in [-0.25, -0.2) is 0 Å². The maximum atomic E-state index is 11.3. The molecule has 1 unspecified atom stereocenters. The molecule has 0 heterocycles. The minimum absolute atomic E-state index is 0.0143. The van der Waals surface area contributed by atoms with Gasteiger partial charge in [0.1, 0.15) is 0 Å². The number of carbonyl (C=O) groups excluding carboxylic acids is 1. The fraction of sp³-hybridized carbons (Fsp3) is 0.750. The molecule has 0 aliphatic carbocycles. The lowest BCUT2D eigenvalue weighted by Crippen LogP contribution is -2.41. The molecule has 0 saturated carbocycles. The van der Waals surface area contributed by atoms with Gasteiger partial charge in [0.25, 0.3) is 0 Å². The van der Waals surface area contributed by atoms with Crippen LogP contribution in [0.5, 0.6) is 0 Å². The molecule has 0 spiro atoms. The van der Waals surface area contributed by atoms with E-state index in [1.54, 1.807) is 13.0 Å². The number of hydrogen-bond donors (Lipinski definition) is 1. The van der Waals surface area contributed by atoms with E-state index in [9.17, 15) is 9.90 Å². The van der Waals surface area contributed by atoms with Crippen molar-refractivity contribution >= 4 is 14.3 Å². The summed E-state index contributed by atoms with van der Waals surface area (Å²) < 4.78 is 11.0. The average molecular weight is 371 g/mol. The molecule has 146 valence electrons. The smallest absolute Gasteiger partial charge is 0.308 e. The summed E-state index contributed by atoms with van der Waals surface area (Å²) in [6, 6.07) is 0. The summed E-state index contributed by atoms with van der Waals surface area (Å²) in [6.45, 7) is 18.1. The molecule has 0 rings (SSSR count). The van der Waals surface area contributed by atoms with Crippen LogP contribution in [0.25, 0.3) is 0 Å². The minimum Gasteiger partial charge on any atom is -0.466 e. The van der Waals surface area contributed by atoms with Crippen molar-refractivity contribution in [3.63, 3.8) is 0 Å². The normalized spacial score (nSPS) is 15.2. The Hall–Kier alpha value is -0.913. The van der Waals surface area contributed by atoms with Gasteiger partial charge >= 0.3 is 5.97 Å². The molecule has 1 atom stereocenters. The van der Waals surface area contributed by atoms with Gasteiger partial charge in [0.05, 0.1) is 25.7 Å². The first-order valence-corrected chi connectivity index (χ1v) is 12.1. The van der Waals surface area contributed by atoms with Crippen LogP contribution in [0.3, 0.4) is 0 Å². The highest BCUT2D eigenvalue weighted by atomic mass is 28.4. The number of hydrogen-bond acceptors (Lipinski definition) is 4. The number of carbonyl (C=O) groups is 1. The van der Waals surface area contributed by atoms with E-state index in [-0.39, 0.29) is 17.4 Å². The Morgan fingerprint density at radius 3 is 2.32 bits per heavy atom. The second-order valence-electron chi connectivity index (χ2n) is 8.23. The van der Waals surface area contributed by atoms with Crippen molar-refractivity contribution in [3.05, 3.63) is 23.3 Å². The van der Waals surface area contributed by atoms with E-state index in [0.717, 1.165) is 18.4 Å². The van der Waals surface area contributed by atoms with Crippen molar-refractivity contribution in [3.8, 4) is 0 Å². The van der Waals surface area contributed by atoms with Crippen LogP contribution in [0.15, 0.2) is 23.3 Å². The maximum Gasteiger partial charge on any atom is 0.308 e. The van der Waals surface area contributed by atoms with Crippen molar-refractivity contribution in [2.75, 3.05) is 13.2 Å². The Morgan fingerprint density at radius 2 is 1.80 bits per heavy atom. The van der Waals surface area contributed by atoms with Gasteiger partial charge < -0.3 is 14.3 Å². The summed E-state index contributed by atoms with van der Waals surface area (Å²) in [4.78, 5) is 11.3. The molecule has 0 saturated heterocycles. The molecule has 0 bridgehead atoms. The Labute approximate surface area is 155 Å². The highest BCUT2D eigenvalue weighted by Crippen LogP contribution is 2.36. The molecule has 0 aromatic rings. The summed E-state index contributed by atoms with van der Waals surface area (Å²) >= 11 is 0. The van der Waals surface area contributed by atoms with Crippen LogP contribution >= 0.6 is 0 Å². The van der Waals surface area contributed by atoms with E-state index in [1.165, 1.54) is 5.57 Å². The van der Waals surface area contributed by atoms with Gasteiger partial charge in [-0.2, -0.15) is 0 Å². The lowest BCUT2D eigenvalue weighted by Gasteiger charge is -2.36. The average Bonchev–Trinajstić information content (AvgIpc) is 2.43. The molecular weight excluding hydrogens is 332 g/mol. The Bertz CT molecular complexity index is 473. The molecule has 0 aliphatic heterocycles. The van der Waals surface area contributed by atoms with E-state index in [4.69, 9.17) is 9.16 Å². The van der Waals surface area contributed by atoms with E-state index in [0.29, 0.717) is 13.2 Å². The van der Waals surface area contributed by atoms with E-state index < -0.39 is 14.4 Å². The van der Waals surface area contributed by atoms with Crippen LogP contribution in [0.4, 0.5) is 0 Å². The molecule has 0 amide bonds. The Morgan fingerprint density at radius 1 is 1.20 bits per heavy atom. The quantitative estimate of drug-likeness (QED) is 0.334. The van der Waals surface area contributed by atoms with Gasteiger partial charge in [-0.3, -0.25) is 4.79 Å². The summed E-state index contributed by atoms with van der Waals surface area (Å²) in [6.07, 6.45) is 4.94. The molecule has 0 aliphatic rings. The van der Waals surface area contributed by atoms with Crippen molar-refractivity contribution < 1.29 is 19.1 Å². The third-order valence-corrected chi connectivity index (χ3v) is 9.13. The zero-order chi connectivity index (χ0) is 19.7. The third kappa shape index (κ3) is 10.6. The fourth-order valence-electron chi connectivity index (χ4n) is 1.98. The molecule has 1 N–H and O–H groups in total. The monoisotopic (exact) mass is 370 g/mol. The molecule has 25 heavy (non-hydrogen) atoms. The first kappa shape index (κ1) is 24.1. The van der Waals surface area contributed by atoms with Gasteiger partial charge in [-0.1, -0.05) is 44.1 Å². The third-order valence-electron chi connectivity index (χ3n) is 4.66. The van der Waals surface area contributed by atoms with Crippen LogP contribution in [-0.4, -0.2) is 38.7 Å². The summed E-state index contributed by atoms with van der Waals surface area (Å²) in [5, 5.41) is 10.1. The fourth-order valence-corrected chi connectivity index (χ4v) is 3.00. The predicted molar refractivity (Wildman–Crippen MR) is 107 cm³/mol. The van der Waals surface area contributed by atoms with Gasteiger partial charge in [-0.15, -0.1) is 0 Å². The minimum atomic E-state index is -1.70. The molecule has 0 aromatic heterocycles. The maximum absolute atomic E-state index is 11.3. The Balaban J connectivity index is 4.32. The molecule has 0 radical (unpaired) electrons. The largest absolute Gasteiger partial charge is 0.466 e. The summed E-state index contributed by atoms with van der Waals surface area (Å²) in [5.41, 5.74) is 2.32. The van der Waals surface area contributed by atoms with Gasteiger partial charge in [0, 0.05) is 0 Å². The van der Waals surface area contributed by atoms with Crippen LogP contribution in [-0.2, 0) is 14.0 Å². The van der Waals surface area contributed by atoms with Crippen LogP contribution in [0.2, 0.25) is 18.1 Å². The van der Waals surface area contributed by atoms with Crippen LogP contribution in [0.1, 0.15) is 60.8 Å². The van der Waals surface area contributed by atoms with Crippen molar-refractivity contribution in [2.24, 2.45) is 0 Å². The number of aliphatic hydroxyl groups excluding tert-OH is 1. The zero-order valence-corrected chi connectivity index (χ0v) is 18.4. The highest BCUT2D eigenvalue weighted by Gasteiger charge is 2.36. The SMILES string of the molecule is CCOC(=O)CC(O)/C=C(\C)CC/C=C(\C)CO[Si](C)(C)C(C)(C)C. The molecule has 0 fully saturated rings. The number of ether oxygens (including phenoxy) is 1. The first-order chi connectivity index (χ1) is 11.4. The van der Waals surface area contributed by atoms with Gasteiger partial charge in [0.2, 0.25) is 0 Å². The van der Waals surface area contributed by atoms with Crippen molar-refractivity contribution in [1.29, 1.82) is 0 Å². The summed E-state index contributed by atoms with van der Waals surface area (Å²) in [5.74, 6) is -0.363. The first-order valence-electron chi connectivity index (χ1n) is 9.19. The van der Waals surface area contributed by atoms with E-state index >= 15 is 0 Å². The lowest BCUT2D eigenvalue weighted by molar-refractivity contribution is -0.144. The molecule has 5 heteroatoms. The highest BCUT2D eigenvalue weighted by molar-refractivity contribution is 6.74. The number of aliphatic hydroxyl groups is 1. The van der Waals surface area contributed by atoms with Crippen LogP contribution < -0.4 is 0 Å². The molecular formula is C20H38O4Si. The lowest BCUT2D eigenvalue weighted by atomic mass is 10.1. The van der Waals surface area contributed by atoms with E-state index in [2.05, 4.69) is 46.9 Å². The topological polar surface area (TPSA) is 55.8 Å². The molecule has 0 aromatic carbocycles. The van der Waals surface area contributed by atoms with Crippen LogP contribution in [0, 0.1) is 0 Å². The van der Waals surface area contributed by atoms with Crippen molar-refractivity contribution in [2.45, 2.75) is 85.0 Å². The van der Waals surface area contributed by atoms with Gasteiger partial charge in [-0.05, 0) is 51.7 Å². The standard InChI is InChI=1S/C20H38O4Si/c1-9-23-19(22)14-18(21)13-16(2)11-10-12-17(3)15-24-25(7,8)20(4,5)6/h12-13,18,21H,9-11,14-15H2,1-8H3/b16-13+,17-12+. The molecule has 4 nitrogen and oxygen atoms in total. The second-order valence-corrected chi connectivity index (χ2v) is 13.0. The number of esters is 1. The van der Waals surface area contributed by atoms with E-state index in [1.807, 2.05) is 6.92 Å². The summed E-state index contributed by atoms with van der Waals surface area (Å²) in [7, 11) is -1.70. The number of allylic oxidation sites excluding steroid dienone is 2. The second kappa shape index (κ2) is 10.9. The predicted octanol–water partition coefficient (Wildman–Crippen LogP) is 5.00. The van der Waals surface area contributed by atoms with Crippen molar-refractivity contribution in [1.82, 2.24) is 0 Å². The van der Waals surface area contributed by atoms with Gasteiger partial charge in [0.15, 0.2) is 8.32 Å².